The van der Waals surface area contributed by atoms with Crippen molar-refractivity contribution in [1.82, 2.24) is 4.98 Å². The summed E-state index contributed by atoms with van der Waals surface area (Å²) in [4.78, 5) is 4.32. The summed E-state index contributed by atoms with van der Waals surface area (Å²) in [5.41, 5.74) is 2.30. The summed E-state index contributed by atoms with van der Waals surface area (Å²) in [6.45, 7) is 2.18. The number of pyridine rings is 1. The zero-order chi connectivity index (χ0) is 15.1. The number of benzene rings is 1. The zero-order valence-electron chi connectivity index (χ0n) is 12.0. The van der Waals surface area contributed by atoms with Crippen LogP contribution in [0.15, 0.2) is 36.5 Å². The van der Waals surface area contributed by atoms with Crippen LogP contribution in [-0.2, 0) is 0 Å². The van der Waals surface area contributed by atoms with Gasteiger partial charge in [-0.15, -0.1) is 0 Å². The Morgan fingerprint density at radius 2 is 2.05 bits per heavy atom. The molecule has 0 aliphatic heterocycles. The molecule has 3 heteroatoms. The number of hydrogen-bond acceptors (Lipinski definition) is 1. The third-order valence-corrected chi connectivity index (χ3v) is 3.42. The molecule has 1 nitrogen and oxygen atoms in total. The maximum atomic E-state index is 13.4. The molecule has 0 fully saturated rings. The van der Waals surface area contributed by atoms with E-state index in [0.29, 0.717) is 11.3 Å². The largest absolute Gasteiger partial charge is 0.255 e. The van der Waals surface area contributed by atoms with Gasteiger partial charge in [-0.25, -0.2) is 4.39 Å². The lowest BCUT2D eigenvalue weighted by Crippen LogP contribution is -1.86. The van der Waals surface area contributed by atoms with Crippen molar-refractivity contribution >= 4 is 11.6 Å². The molecule has 0 amide bonds. The fourth-order valence-electron chi connectivity index (χ4n) is 1.92. The van der Waals surface area contributed by atoms with Gasteiger partial charge in [0.05, 0.1) is 10.7 Å². The minimum atomic E-state index is -0.434. The Hall–Kier alpha value is -1.85. The minimum Gasteiger partial charge on any atom is -0.255 e. The van der Waals surface area contributed by atoms with Crippen molar-refractivity contribution in [3.8, 4) is 23.1 Å². The number of nitrogens with zero attached hydrogens (tertiary/aromatic N) is 1. The Morgan fingerprint density at radius 3 is 2.71 bits per heavy atom. The molecule has 0 spiro atoms. The van der Waals surface area contributed by atoms with Crippen LogP contribution in [-0.4, -0.2) is 4.98 Å². The summed E-state index contributed by atoms with van der Waals surface area (Å²) < 4.78 is 13.4. The highest BCUT2D eigenvalue weighted by Gasteiger charge is 2.04. The predicted octanol–water partition coefficient (Wildman–Crippen LogP) is 5.47. The molecule has 0 bridgehead atoms. The number of halogens is 2. The first kappa shape index (κ1) is 15.5. The third-order valence-electron chi connectivity index (χ3n) is 3.12. The van der Waals surface area contributed by atoms with E-state index in [1.54, 1.807) is 12.3 Å². The maximum Gasteiger partial charge on any atom is 0.142 e. The second-order valence-electron chi connectivity index (χ2n) is 4.82. The molecule has 0 N–H and O–H groups in total. The fraction of sp³-hybridized carbons (Fsp3) is 0.278. The fourth-order valence-corrected chi connectivity index (χ4v) is 2.04. The van der Waals surface area contributed by atoms with Crippen molar-refractivity contribution in [3.05, 3.63) is 52.9 Å². The maximum absolute atomic E-state index is 13.4. The number of rotatable bonds is 4. The SMILES string of the molecule is CCCCCC#Cc1ccc(-c2ccc(Cl)c(F)c2)nc1. The number of aromatic nitrogens is 1. The lowest BCUT2D eigenvalue weighted by atomic mass is 10.1. The van der Waals surface area contributed by atoms with Crippen LogP contribution in [0, 0.1) is 17.7 Å². The molecule has 0 aliphatic carbocycles. The second kappa shape index (κ2) is 7.81. The average molecular weight is 302 g/mol. The van der Waals surface area contributed by atoms with Gasteiger partial charge >= 0.3 is 0 Å². The van der Waals surface area contributed by atoms with Gasteiger partial charge in [0.2, 0.25) is 0 Å². The van der Waals surface area contributed by atoms with E-state index in [0.717, 1.165) is 18.4 Å². The number of unbranched alkanes of at least 4 members (excludes halogenated alkanes) is 3. The summed E-state index contributed by atoms with van der Waals surface area (Å²) in [5.74, 6) is 5.81. The summed E-state index contributed by atoms with van der Waals surface area (Å²) in [5, 5.41) is 0.119. The van der Waals surface area contributed by atoms with Gasteiger partial charge in [-0.2, -0.15) is 0 Å². The first-order valence-corrected chi connectivity index (χ1v) is 7.49. The summed E-state index contributed by atoms with van der Waals surface area (Å²) >= 11 is 5.67. The Labute approximate surface area is 130 Å². The van der Waals surface area contributed by atoms with Crippen molar-refractivity contribution < 1.29 is 4.39 Å². The molecule has 108 valence electrons. The molecule has 1 aromatic heterocycles. The molecule has 2 rings (SSSR count). The molecule has 0 saturated heterocycles. The van der Waals surface area contributed by atoms with Crippen molar-refractivity contribution in [1.29, 1.82) is 0 Å². The van der Waals surface area contributed by atoms with E-state index in [4.69, 9.17) is 11.6 Å². The normalized spacial score (nSPS) is 10.0. The third kappa shape index (κ3) is 4.58. The van der Waals surface area contributed by atoms with E-state index in [1.807, 2.05) is 12.1 Å². The van der Waals surface area contributed by atoms with Crippen LogP contribution in [0.3, 0.4) is 0 Å². The molecule has 21 heavy (non-hydrogen) atoms. The summed E-state index contributed by atoms with van der Waals surface area (Å²) in [6.07, 6.45) is 6.19. The highest BCUT2D eigenvalue weighted by atomic mass is 35.5. The smallest absolute Gasteiger partial charge is 0.142 e. The first-order chi connectivity index (χ1) is 10.2. The van der Waals surface area contributed by atoms with E-state index in [1.165, 1.54) is 25.0 Å². The van der Waals surface area contributed by atoms with Crippen LogP contribution < -0.4 is 0 Å². The molecule has 1 heterocycles. The van der Waals surface area contributed by atoms with Gasteiger partial charge in [-0.1, -0.05) is 49.3 Å². The second-order valence-corrected chi connectivity index (χ2v) is 5.23. The van der Waals surface area contributed by atoms with Gasteiger partial charge in [0, 0.05) is 23.7 Å². The lowest BCUT2D eigenvalue weighted by molar-refractivity contribution is 0.628. The van der Waals surface area contributed by atoms with Crippen molar-refractivity contribution in [2.45, 2.75) is 32.6 Å². The van der Waals surface area contributed by atoms with Gasteiger partial charge in [0.25, 0.3) is 0 Å². The first-order valence-electron chi connectivity index (χ1n) is 7.11. The summed E-state index contributed by atoms with van der Waals surface area (Å²) in [7, 11) is 0. The highest BCUT2D eigenvalue weighted by molar-refractivity contribution is 6.30. The predicted molar refractivity (Wildman–Crippen MR) is 85.7 cm³/mol. The number of hydrogen-bond donors (Lipinski definition) is 0. The van der Waals surface area contributed by atoms with Gasteiger partial charge in [0.1, 0.15) is 5.82 Å². The minimum absolute atomic E-state index is 0.119. The van der Waals surface area contributed by atoms with E-state index in [2.05, 4.69) is 23.7 Å². The molecule has 2 aromatic rings. The van der Waals surface area contributed by atoms with Crippen molar-refractivity contribution in [3.63, 3.8) is 0 Å². The highest BCUT2D eigenvalue weighted by Crippen LogP contribution is 2.22. The average Bonchev–Trinajstić information content (AvgIpc) is 2.50. The van der Waals surface area contributed by atoms with Crippen LogP contribution in [0.4, 0.5) is 4.39 Å². The monoisotopic (exact) mass is 301 g/mol. The molecule has 1 aromatic carbocycles. The lowest BCUT2D eigenvalue weighted by Gasteiger charge is -2.02. The molecular formula is C18H17ClFN. The Balaban J connectivity index is 2.06. The van der Waals surface area contributed by atoms with Crippen molar-refractivity contribution in [2.24, 2.45) is 0 Å². The van der Waals surface area contributed by atoms with Gasteiger partial charge in [-0.3, -0.25) is 4.98 Å². The molecule has 0 atom stereocenters. The van der Waals surface area contributed by atoms with Crippen LogP contribution in [0.5, 0.6) is 0 Å². The van der Waals surface area contributed by atoms with Gasteiger partial charge in [-0.05, 0) is 30.7 Å². The van der Waals surface area contributed by atoms with E-state index >= 15 is 0 Å². The van der Waals surface area contributed by atoms with Gasteiger partial charge < -0.3 is 0 Å². The molecular weight excluding hydrogens is 285 g/mol. The Kier molecular flexibility index (Phi) is 5.78. The molecule has 0 aliphatic rings. The standard InChI is InChI=1S/C18H17ClFN/c1-2-3-4-5-6-7-14-8-11-18(21-13-14)15-9-10-16(19)17(20)12-15/h8-13H,2-5H2,1H3. The van der Waals surface area contributed by atoms with E-state index in [-0.39, 0.29) is 5.02 Å². The molecule has 0 unspecified atom stereocenters. The van der Waals surface area contributed by atoms with E-state index in [9.17, 15) is 4.39 Å². The van der Waals surface area contributed by atoms with Crippen LogP contribution in [0.25, 0.3) is 11.3 Å². The quantitative estimate of drug-likeness (QED) is 0.539. The van der Waals surface area contributed by atoms with Crippen LogP contribution in [0.2, 0.25) is 5.02 Å². The summed E-state index contributed by atoms with van der Waals surface area (Å²) in [6, 6.07) is 8.43. The molecule has 0 radical (unpaired) electrons. The van der Waals surface area contributed by atoms with Crippen LogP contribution in [0.1, 0.15) is 38.2 Å². The van der Waals surface area contributed by atoms with Crippen LogP contribution >= 0.6 is 11.6 Å². The van der Waals surface area contributed by atoms with E-state index < -0.39 is 5.82 Å². The molecule has 0 saturated carbocycles. The Morgan fingerprint density at radius 1 is 1.19 bits per heavy atom. The Bertz CT molecular complexity index is 653. The van der Waals surface area contributed by atoms with Crippen molar-refractivity contribution in [2.75, 3.05) is 0 Å². The zero-order valence-corrected chi connectivity index (χ0v) is 12.8. The topological polar surface area (TPSA) is 12.9 Å². The van der Waals surface area contributed by atoms with Gasteiger partial charge in [0.15, 0.2) is 0 Å².